The SMILES string of the molecule is CCN(CCNC(=O)COc1ccc(CCC(C)=O)cc1)c1cccc(C)c1. The van der Waals surface area contributed by atoms with Crippen LogP contribution in [0.3, 0.4) is 0 Å². The first kappa shape index (κ1) is 21.5. The lowest BCUT2D eigenvalue weighted by molar-refractivity contribution is -0.123. The maximum atomic E-state index is 12.0. The van der Waals surface area contributed by atoms with Crippen LogP contribution in [0.1, 0.15) is 31.4 Å². The highest BCUT2D eigenvalue weighted by Crippen LogP contribution is 2.15. The zero-order valence-electron chi connectivity index (χ0n) is 17.0. The number of benzene rings is 2. The zero-order valence-corrected chi connectivity index (χ0v) is 17.0. The number of hydrogen-bond donors (Lipinski definition) is 1. The van der Waals surface area contributed by atoms with Crippen LogP contribution in [-0.4, -0.2) is 37.9 Å². The molecular formula is C23H30N2O3. The second-order valence-electron chi connectivity index (χ2n) is 6.90. The van der Waals surface area contributed by atoms with E-state index in [9.17, 15) is 9.59 Å². The minimum Gasteiger partial charge on any atom is -0.484 e. The Morgan fingerprint density at radius 2 is 1.86 bits per heavy atom. The lowest BCUT2D eigenvalue weighted by Crippen LogP contribution is -2.37. The smallest absolute Gasteiger partial charge is 0.258 e. The molecule has 0 bridgehead atoms. The summed E-state index contributed by atoms with van der Waals surface area (Å²) in [5.74, 6) is 0.693. The highest BCUT2D eigenvalue weighted by molar-refractivity contribution is 5.77. The van der Waals surface area contributed by atoms with Crippen LogP contribution in [0.5, 0.6) is 5.75 Å². The van der Waals surface area contributed by atoms with Gasteiger partial charge in [0.1, 0.15) is 11.5 Å². The summed E-state index contributed by atoms with van der Waals surface area (Å²) in [6.45, 7) is 7.95. The standard InChI is InChI=1S/C23H30N2O3/c1-4-25(21-7-5-6-18(2)16-21)15-14-24-23(27)17-28-22-12-10-20(11-13-22)9-8-19(3)26/h5-7,10-13,16H,4,8-9,14-15,17H2,1-3H3,(H,24,27). The Kier molecular flexibility index (Phi) is 8.53. The second-order valence-corrected chi connectivity index (χ2v) is 6.90. The van der Waals surface area contributed by atoms with Crippen molar-refractivity contribution in [3.05, 3.63) is 59.7 Å². The first-order valence-corrected chi connectivity index (χ1v) is 9.77. The lowest BCUT2D eigenvalue weighted by atomic mass is 10.1. The number of carbonyl (C=O) groups is 2. The fourth-order valence-corrected chi connectivity index (χ4v) is 2.90. The molecule has 28 heavy (non-hydrogen) atoms. The number of nitrogens with zero attached hydrogens (tertiary/aromatic N) is 1. The number of Topliss-reactive ketones (excluding diaryl/α,β-unsaturated/α-hetero) is 1. The van der Waals surface area contributed by atoms with E-state index in [-0.39, 0.29) is 18.3 Å². The van der Waals surface area contributed by atoms with E-state index < -0.39 is 0 Å². The molecule has 2 aromatic rings. The van der Waals surface area contributed by atoms with Crippen molar-refractivity contribution in [1.82, 2.24) is 5.32 Å². The third kappa shape index (κ3) is 7.43. The number of carbonyl (C=O) groups excluding carboxylic acids is 2. The average molecular weight is 383 g/mol. The van der Waals surface area contributed by atoms with Gasteiger partial charge < -0.3 is 19.7 Å². The second kappa shape index (κ2) is 11.1. The van der Waals surface area contributed by atoms with Crippen molar-refractivity contribution in [1.29, 1.82) is 0 Å². The van der Waals surface area contributed by atoms with Gasteiger partial charge in [0.05, 0.1) is 0 Å². The van der Waals surface area contributed by atoms with Gasteiger partial charge in [-0.15, -0.1) is 0 Å². The molecule has 0 saturated heterocycles. The number of ketones is 1. The number of anilines is 1. The Hall–Kier alpha value is -2.82. The molecule has 0 aliphatic carbocycles. The van der Waals surface area contributed by atoms with E-state index in [2.05, 4.69) is 42.3 Å². The molecule has 0 atom stereocenters. The van der Waals surface area contributed by atoms with Crippen LogP contribution in [0.15, 0.2) is 48.5 Å². The van der Waals surface area contributed by atoms with Crippen LogP contribution in [-0.2, 0) is 16.0 Å². The number of ether oxygens (including phenoxy) is 1. The normalized spacial score (nSPS) is 10.4. The van der Waals surface area contributed by atoms with Gasteiger partial charge in [-0.3, -0.25) is 4.79 Å². The Morgan fingerprint density at radius 3 is 2.50 bits per heavy atom. The quantitative estimate of drug-likeness (QED) is 0.646. The summed E-state index contributed by atoms with van der Waals surface area (Å²) in [6.07, 6.45) is 1.27. The van der Waals surface area contributed by atoms with E-state index in [1.807, 2.05) is 30.3 Å². The van der Waals surface area contributed by atoms with Crippen molar-refractivity contribution in [2.24, 2.45) is 0 Å². The van der Waals surface area contributed by atoms with Crippen LogP contribution in [0.2, 0.25) is 0 Å². The molecule has 0 aliphatic heterocycles. The third-order valence-corrected chi connectivity index (χ3v) is 4.51. The summed E-state index contributed by atoms with van der Waals surface area (Å²) in [6, 6.07) is 15.9. The monoisotopic (exact) mass is 382 g/mol. The van der Waals surface area contributed by atoms with E-state index >= 15 is 0 Å². The Morgan fingerprint density at radius 1 is 1.11 bits per heavy atom. The number of hydrogen-bond acceptors (Lipinski definition) is 4. The Balaban J connectivity index is 1.71. The molecule has 2 aromatic carbocycles. The molecule has 0 heterocycles. The Bertz CT molecular complexity index is 772. The summed E-state index contributed by atoms with van der Waals surface area (Å²) in [7, 11) is 0. The van der Waals surface area contributed by atoms with E-state index in [0.29, 0.717) is 18.7 Å². The zero-order chi connectivity index (χ0) is 20.4. The highest BCUT2D eigenvalue weighted by atomic mass is 16.5. The summed E-state index contributed by atoms with van der Waals surface area (Å²) in [5.41, 5.74) is 3.47. The predicted octanol–water partition coefficient (Wildman–Crippen LogP) is 3.54. The first-order chi connectivity index (χ1) is 13.5. The first-order valence-electron chi connectivity index (χ1n) is 9.77. The highest BCUT2D eigenvalue weighted by Gasteiger charge is 2.07. The van der Waals surface area contributed by atoms with E-state index in [1.54, 1.807) is 6.92 Å². The van der Waals surface area contributed by atoms with Crippen molar-refractivity contribution >= 4 is 17.4 Å². The molecule has 0 aromatic heterocycles. The fraction of sp³-hybridized carbons (Fsp3) is 0.391. The molecule has 1 amide bonds. The van der Waals surface area contributed by atoms with Gasteiger partial charge in [-0.25, -0.2) is 0 Å². The van der Waals surface area contributed by atoms with Gasteiger partial charge in [-0.05, 0) is 62.6 Å². The molecule has 5 nitrogen and oxygen atoms in total. The van der Waals surface area contributed by atoms with Crippen LogP contribution < -0.4 is 15.0 Å². The maximum Gasteiger partial charge on any atom is 0.258 e. The summed E-state index contributed by atoms with van der Waals surface area (Å²) in [4.78, 5) is 25.3. The van der Waals surface area contributed by atoms with Gasteiger partial charge in [-0.2, -0.15) is 0 Å². The average Bonchev–Trinajstić information content (AvgIpc) is 2.69. The number of aryl methyl sites for hydroxylation is 2. The maximum absolute atomic E-state index is 12.0. The van der Waals surface area contributed by atoms with Gasteiger partial charge in [-0.1, -0.05) is 24.3 Å². The van der Waals surface area contributed by atoms with Gasteiger partial charge >= 0.3 is 0 Å². The fourth-order valence-electron chi connectivity index (χ4n) is 2.90. The molecule has 0 radical (unpaired) electrons. The molecule has 5 heteroatoms. The van der Waals surface area contributed by atoms with Crippen LogP contribution in [0, 0.1) is 6.92 Å². The van der Waals surface area contributed by atoms with Crippen molar-refractivity contribution in [2.45, 2.75) is 33.6 Å². The van der Waals surface area contributed by atoms with Crippen LogP contribution in [0.4, 0.5) is 5.69 Å². The number of nitrogens with one attached hydrogen (secondary N) is 1. The van der Waals surface area contributed by atoms with E-state index in [1.165, 1.54) is 5.56 Å². The molecule has 0 fully saturated rings. The number of amides is 1. The molecule has 0 spiro atoms. The van der Waals surface area contributed by atoms with E-state index in [4.69, 9.17) is 4.74 Å². The molecule has 0 aliphatic rings. The van der Waals surface area contributed by atoms with E-state index in [0.717, 1.165) is 30.8 Å². The van der Waals surface area contributed by atoms with Gasteiger partial charge in [0.25, 0.3) is 5.91 Å². The summed E-state index contributed by atoms with van der Waals surface area (Å²) < 4.78 is 5.54. The van der Waals surface area contributed by atoms with Crippen molar-refractivity contribution < 1.29 is 14.3 Å². The largest absolute Gasteiger partial charge is 0.484 e. The minimum absolute atomic E-state index is 0.0106. The van der Waals surface area contributed by atoms with Gasteiger partial charge in [0.2, 0.25) is 0 Å². The molecule has 0 saturated carbocycles. The summed E-state index contributed by atoms with van der Waals surface area (Å²) in [5, 5.41) is 2.90. The number of rotatable bonds is 11. The molecule has 1 N–H and O–H groups in total. The molecule has 150 valence electrons. The van der Waals surface area contributed by atoms with Crippen LogP contribution >= 0.6 is 0 Å². The van der Waals surface area contributed by atoms with Gasteiger partial charge in [0.15, 0.2) is 6.61 Å². The molecule has 2 rings (SSSR count). The van der Waals surface area contributed by atoms with Crippen molar-refractivity contribution in [3.63, 3.8) is 0 Å². The third-order valence-electron chi connectivity index (χ3n) is 4.51. The van der Waals surface area contributed by atoms with Gasteiger partial charge in [0, 0.05) is 31.7 Å². The van der Waals surface area contributed by atoms with Crippen molar-refractivity contribution in [2.75, 3.05) is 31.1 Å². The summed E-state index contributed by atoms with van der Waals surface area (Å²) >= 11 is 0. The molecular weight excluding hydrogens is 352 g/mol. The Labute approximate surface area is 167 Å². The lowest BCUT2D eigenvalue weighted by Gasteiger charge is -2.23. The van der Waals surface area contributed by atoms with Crippen molar-refractivity contribution in [3.8, 4) is 5.75 Å². The molecule has 0 unspecified atom stereocenters. The minimum atomic E-state index is -0.138. The topological polar surface area (TPSA) is 58.6 Å². The van der Waals surface area contributed by atoms with Crippen LogP contribution in [0.25, 0.3) is 0 Å². The predicted molar refractivity (Wildman–Crippen MR) is 113 cm³/mol. The number of likely N-dealkylation sites (N-methyl/N-ethyl adjacent to an activating group) is 1.